The predicted molar refractivity (Wildman–Crippen MR) is 76.6 cm³/mol. The zero-order chi connectivity index (χ0) is 13.7. The van der Waals surface area contributed by atoms with Crippen LogP contribution in [0.2, 0.25) is 0 Å². The third-order valence-electron chi connectivity index (χ3n) is 3.70. The number of carbonyl (C=O) groups is 1. The maximum Gasteiger partial charge on any atom is 0.315 e. The quantitative estimate of drug-likeness (QED) is 0.616. The van der Waals surface area contributed by atoms with Gasteiger partial charge in [0.25, 0.3) is 0 Å². The van der Waals surface area contributed by atoms with Crippen LogP contribution in [0, 0.1) is 0 Å². The molecule has 0 aliphatic heterocycles. The van der Waals surface area contributed by atoms with Crippen LogP contribution in [0.5, 0.6) is 0 Å². The summed E-state index contributed by atoms with van der Waals surface area (Å²) >= 11 is 0. The van der Waals surface area contributed by atoms with Crippen molar-refractivity contribution in [3.05, 3.63) is 29.8 Å². The molecule has 5 nitrogen and oxygen atoms in total. The van der Waals surface area contributed by atoms with Gasteiger partial charge in [-0.1, -0.05) is 25.0 Å². The summed E-state index contributed by atoms with van der Waals surface area (Å²) in [6.45, 7) is 0.936. The first-order valence-corrected chi connectivity index (χ1v) is 6.78. The van der Waals surface area contributed by atoms with Crippen LogP contribution in [-0.2, 0) is 5.54 Å². The first-order chi connectivity index (χ1) is 9.16. The van der Waals surface area contributed by atoms with Gasteiger partial charge in [0.2, 0.25) is 0 Å². The number of benzene rings is 1. The molecule has 5 heteroatoms. The average Bonchev–Trinajstić information content (AvgIpc) is 2.86. The molecule has 0 bridgehead atoms. The molecule has 1 saturated carbocycles. The highest BCUT2D eigenvalue weighted by atomic mass is 16.2. The second-order valence-corrected chi connectivity index (χ2v) is 5.08. The van der Waals surface area contributed by atoms with Gasteiger partial charge in [0.15, 0.2) is 0 Å². The molecule has 1 fully saturated rings. The summed E-state index contributed by atoms with van der Waals surface area (Å²) < 4.78 is 0. The van der Waals surface area contributed by atoms with E-state index in [2.05, 4.69) is 10.6 Å². The number of nitrogens with one attached hydrogen (secondary N) is 2. The third kappa shape index (κ3) is 3.17. The van der Waals surface area contributed by atoms with E-state index in [1.165, 1.54) is 0 Å². The Bertz CT molecular complexity index is 424. The van der Waals surface area contributed by atoms with Crippen LogP contribution in [0.4, 0.5) is 10.5 Å². The fourth-order valence-electron chi connectivity index (χ4n) is 2.71. The Morgan fingerprint density at radius 2 is 1.84 bits per heavy atom. The maximum absolute atomic E-state index is 11.9. The van der Waals surface area contributed by atoms with Crippen LogP contribution < -0.4 is 22.1 Å². The molecule has 0 heterocycles. The van der Waals surface area contributed by atoms with Crippen LogP contribution in [0.1, 0.15) is 31.2 Å². The number of rotatable bonds is 4. The molecule has 19 heavy (non-hydrogen) atoms. The van der Waals surface area contributed by atoms with Crippen LogP contribution in [-0.4, -0.2) is 19.1 Å². The van der Waals surface area contributed by atoms with E-state index in [0.717, 1.165) is 36.9 Å². The summed E-state index contributed by atoms with van der Waals surface area (Å²) in [7, 11) is 0. The van der Waals surface area contributed by atoms with Crippen molar-refractivity contribution in [3.63, 3.8) is 0 Å². The van der Waals surface area contributed by atoms with Gasteiger partial charge in [-0.05, 0) is 30.5 Å². The standard InChI is InChI=1S/C14H22N4O/c15-9-10-17-13(19)18-14(7-1-2-8-14)11-3-5-12(16)6-4-11/h3-6H,1-2,7-10,15-16H2,(H2,17,18,19). The van der Waals surface area contributed by atoms with Crippen LogP contribution in [0.15, 0.2) is 24.3 Å². The summed E-state index contributed by atoms with van der Waals surface area (Å²) in [6, 6.07) is 7.63. The highest BCUT2D eigenvalue weighted by Gasteiger charge is 2.36. The Labute approximate surface area is 113 Å². The van der Waals surface area contributed by atoms with Crippen molar-refractivity contribution in [1.82, 2.24) is 10.6 Å². The highest BCUT2D eigenvalue weighted by Crippen LogP contribution is 2.38. The first-order valence-electron chi connectivity index (χ1n) is 6.78. The fraction of sp³-hybridized carbons (Fsp3) is 0.500. The molecule has 1 aliphatic rings. The Morgan fingerprint density at radius 1 is 1.21 bits per heavy atom. The van der Waals surface area contributed by atoms with E-state index in [9.17, 15) is 4.79 Å². The van der Waals surface area contributed by atoms with E-state index in [-0.39, 0.29) is 11.6 Å². The van der Waals surface area contributed by atoms with Crippen molar-refractivity contribution in [2.24, 2.45) is 5.73 Å². The monoisotopic (exact) mass is 262 g/mol. The van der Waals surface area contributed by atoms with Gasteiger partial charge >= 0.3 is 6.03 Å². The van der Waals surface area contributed by atoms with E-state index >= 15 is 0 Å². The second kappa shape index (κ2) is 5.93. The van der Waals surface area contributed by atoms with E-state index < -0.39 is 0 Å². The largest absolute Gasteiger partial charge is 0.399 e. The smallest absolute Gasteiger partial charge is 0.315 e. The number of hydrogen-bond donors (Lipinski definition) is 4. The molecule has 1 aliphatic carbocycles. The minimum Gasteiger partial charge on any atom is -0.399 e. The molecule has 0 atom stereocenters. The van der Waals surface area contributed by atoms with Crippen molar-refractivity contribution >= 4 is 11.7 Å². The number of carbonyl (C=O) groups excluding carboxylic acids is 1. The van der Waals surface area contributed by atoms with Crippen LogP contribution >= 0.6 is 0 Å². The lowest BCUT2D eigenvalue weighted by molar-refractivity contribution is 0.225. The number of nitrogen functional groups attached to an aromatic ring is 1. The zero-order valence-electron chi connectivity index (χ0n) is 11.1. The van der Waals surface area contributed by atoms with Crippen molar-refractivity contribution < 1.29 is 4.79 Å². The normalized spacial score (nSPS) is 17.1. The van der Waals surface area contributed by atoms with E-state index in [0.29, 0.717) is 13.1 Å². The summed E-state index contributed by atoms with van der Waals surface area (Å²) in [5.41, 5.74) is 12.7. The molecule has 0 aromatic heterocycles. The molecular formula is C14H22N4O. The van der Waals surface area contributed by atoms with E-state index in [1.807, 2.05) is 24.3 Å². The van der Waals surface area contributed by atoms with Crippen molar-refractivity contribution in [1.29, 1.82) is 0 Å². The van der Waals surface area contributed by atoms with Gasteiger partial charge in [0.05, 0.1) is 5.54 Å². The molecule has 2 amide bonds. The zero-order valence-corrected chi connectivity index (χ0v) is 11.1. The van der Waals surface area contributed by atoms with E-state index in [1.54, 1.807) is 0 Å². The molecule has 0 radical (unpaired) electrons. The molecular weight excluding hydrogens is 240 g/mol. The minimum absolute atomic E-state index is 0.149. The molecule has 0 unspecified atom stereocenters. The Hall–Kier alpha value is -1.75. The third-order valence-corrected chi connectivity index (χ3v) is 3.70. The Balaban J connectivity index is 2.13. The molecule has 6 N–H and O–H groups in total. The minimum atomic E-state index is -0.258. The predicted octanol–water partition coefficient (Wildman–Crippen LogP) is 1.30. The van der Waals surface area contributed by atoms with E-state index in [4.69, 9.17) is 11.5 Å². The topological polar surface area (TPSA) is 93.2 Å². The van der Waals surface area contributed by atoms with Crippen molar-refractivity contribution in [2.45, 2.75) is 31.2 Å². The average molecular weight is 262 g/mol. The second-order valence-electron chi connectivity index (χ2n) is 5.08. The number of hydrogen-bond acceptors (Lipinski definition) is 3. The summed E-state index contributed by atoms with van der Waals surface area (Å²) in [5, 5.41) is 5.88. The molecule has 104 valence electrons. The summed E-state index contributed by atoms with van der Waals surface area (Å²) in [6.07, 6.45) is 4.18. The Morgan fingerprint density at radius 3 is 2.42 bits per heavy atom. The molecule has 1 aromatic rings. The Kier molecular flexibility index (Phi) is 4.27. The van der Waals surface area contributed by atoms with Gasteiger partial charge in [-0.15, -0.1) is 0 Å². The number of nitrogens with two attached hydrogens (primary N) is 2. The lowest BCUT2D eigenvalue weighted by Crippen LogP contribution is -2.49. The number of urea groups is 1. The van der Waals surface area contributed by atoms with Gasteiger partial charge in [0, 0.05) is 18.8 Å². The summed E-state index contributed by atoms with van der Waals surface area (Å²) in [5.74, 6) is 0. The highest BCUT2D eigenvalue weighted by molar-refractivity contribution is 5.75. The van der Waals surface area contributed by atoms with Crippen molar-refractivity contribution in [2.75, 3.05) is 18.8 Å². The SMILES string of the molecule is NCCNC(=O)NC1(c2ccc(N)cc2)CCCC1. The number of amides is 2. The van der Waals surface area contributed by atoms with Crippen LogP contribution in [0.25, 0.3) is 0 Å². The maximum atomic E-state index is 11.9. The van der Waals surface area contributed by atoms with Gasteiger partial charge in [-0.25, -0.2) is 4.79 Å². The lowest BCUT2D eigenvalue weighted by atomic mass is 9.88. The molecule has 1 aromatic carbocycles. The van der Waals surface area contributed by atoms with Gasteiger partial charge in [0.1, 0.15) is 0 Å². The van der Waals surface area contributed by atoms with Gasteiger partial charge in [-0.2, -0.15) is 0 Å². The van der Waals surface area contributed by atoms with Gasteiger partial charge in [-0.3, -0.25) is 0 Å². The van der Waals surface area contributed by atoms with Gasteiger partial charge < -0.3 is 22.1 Å². The molecule has 2 rings (SSSR count). The van der Waals surface area contributed by atoms with Crippen molar-refractivity contribution in [3.8, 4) is 0 Å². The first kappa shape index (κ1) is 13.7. The molecule has 0 spiro atoms. The fourth-order valence-corrected chi connectivity index (χ4v) is 2.71. The van der Waals surface area contributed by atoms with Crippen LogP contribution in [0.3, 0.4) is 0 Å². The lowest BCUT2D eigenvalue weighted by Gasteiger charge is -2.31. The molecule has 0 saturated heterocycles. The number of anilines is 1. The summed E-state index contributed by atoms with van der Waals surface area (Å²) in [4.78, 5) is 11.9.